The number of nitrogens with zero attached hydrogens (tertiary/aromatic N) is 1. The van der Waals surface area contributed by atoms with Gasteiger partial charge in [0.25, 0.3) is 5.91 Å². The summed E-state index contributed by atoms with van der Waals surface area (Å²) in [5, 5.41) is 18.8. The molecular formula is C15H19NO4. The Kier molecular flexibility index (Phi) is 3.70. The van der Waals surface area contributed by atoms with E-state index in [1.807, 2.05) is 0 Å². The Hall–Kier alpha value is -2.04. The molecule has 20 heavy (non-hydrogen) atoms. The first-order valence-corrected chi connectivity index (χ1v) is 6.66. The molecule has 0 spiro atoms. The Morgan fingerprint density at radius 2 is 1.85 bits per heavy atom. The van der Waals surface area contributed by atoms with E-state index in [4.69, 9.17) is 5.11 Å². The first-order chi connectivity index (χ1) is 9.33. The molecule has 0 radical (unpaired) electrons. The molecule has 5 nitrogen and oxygen atoms in total. The Bertz CT molecular complexity index is 545. The molecule has 0 aromatic heterocycles. The first kappa shape index (κ1) is 14.4. The van der Waals surface area contributed by atoms with Crippen LogP contribution in [0.2, 0.25) is 0 Å². The van der Waals surface area contributed by atoms with Crippen molar-refractivity contribution in [2.75, 3.05) is 13.1 Å². The van der Waals surface area contributed by atoms with Crippen LogP contribution in [0, 0.1) is 12.3 Å². The average molecular weight is 277 g/mol. The summed E-state index contributed by atoms with van der Waals surface area (Å²) >= 11 is 0. The second-order valence-corrected chi connectivity index (χ2v) is 5.66. The molecule has 1 amide bonds. The minimum absolute atomic E-state index is 0.100. The molecule has 0 bridgehead atoms. The van der Waals surface area contributed by atoms with Crippen molar-refractivity contribution in [1.82, 2.24) is 4.90 Å². The van der Waals surface area contributed by atoms with Crippen LogP contribution in [0.4, 0.5) is 0 Å². The van der Waals surface area contributed by atoms with E-state index in [1.165, 1.54) is 6.07 Å². The van der Waals surface area contributed by atoms with Crippen LogP contribution in [0.5, 0.6) is 5.75 Å². The normalized spacial score (nSPS) is 17.8. The quantitative estimate of drug-likeness (QED) is 0.867. The van der Waals surface area contributed by atoms with Crippen molar-refractivity contribution in [2.45, 2.75) is 26.7 Å². The van der Waals surface area contributed by atoms with E-state index in [1.54, 1.807) is 30.9 Å². The van der Waals surface area contributed by atoms with E-state index in [0.29, 0.717) is 31.5 Å². The molecule has 1 aliphatic rings. The predicted molar refractivity (Wildman–Crippen MR) is 73.7 cm³/mol. The number of amides is 1. The highest BCUT2D eigenvalue weighted by Gasteiger charge is 2.38. The van der Waals surface area contributed by atoms with Gasteiger partial charge in [-0.3, -0.25) is 9.59 Å². The fraction of sp³-hybridized carbons (Fsp3) is 0.467. The number of likely N-dealkylation sites (tertiary alicyclic amines) is 1. The molecule has 1 fully saturated rings. The maximum absolute atomic E-state index is 12.3. The second-order valence-electron chi connectivity index (χ2n) is 5.66. The lowest BCUT2D eigenvalue weighted by Gasteiger charge is -2.36. The fourth-order valence-corrected chi connectivity index (χ4v) is 2.34. The molecule has 1 saturated heterocycles. The Morgan fingerprint density at radius 3 is 2.35 bits per heavy atom. The monoisotopic (exact) mass is 277 g/mol. The van der Waals surface area contributed by atoms with Gasteiger partial charge in [0.2, 0.25) is 0 Å². The van der Waals surface area contributed by atoms with E-state index in [9.17, 15) is 14.7 Å². The number of aryl methyl sites for hydroxylation is 1. The largest absolute Gasteiger partial charge is 0.508 e. The summed E-state index contributed by atoms with van der Waals surface area (Å²) in [7, 11) is 0. The predicted octanol–water partition coefficient (Wildman–Crippen LogP) is 2.03. The van der Waals surface area contributed by atoms with Crippen molar-refractivity contribution in [3.8, 4) is 5.75 Å². The molecule has 1 aromatic carbocycles. The molecule has 5 heteroatoms. The minimum Gasteiger partial charge on any atom is -0.508 e. The Balaban J connectivity index is 2.08. The lowest BCUT2D eigenvalue weighted by atomic mass is 9.80. The topological polar surface area (TPSA) is 77.8 Å². The van der Waals surface area contributed by atoms with E-state index >= 15 is 0 Å². The van der Waals surface area contributed by atoms with Crippen LogP contribution in [0.25, 0.3) is 0 Å². The van der Waals surface area contributed by atoms with Crippen LogP contribution in [0.1, 0.15) is 35.7 Å². The first-order valence-electron chi connectivity index (χ1n) is 6.66. The van der Waals surface area contributed by atoms with Gasteiger partial charge in [0.15, 0.2) is 0 Å². The van der Waals surface area contributed by atoms with Gasteiger partial charge in [-0.15, -0.1) is 0 Å². The molecule has 0 saturated carbocycles. The molecule has 2 N–H and O–H groups in total. The van der Waals surface area contributed by atoms with Gasteiger partial charge in [-0.05, 0) is 44.4 Å². The van der Waals surface area contributed by atoms with Gasteiger partial charge in [0.05, 0.1) is 5.41 Å². The van der Waals surface area contributed by atoms with E-state index in [-0.39, 0.29) is 11.7 Å². The molecule has 0 aliphatic carbocycles. The van der Waals surface area contributed by atoms with Crippen molar-refractivity contribution >= 4 is 11.9 Å². The number of aliphatic carboxylic acids is 1. The second kappa shape index (κ2) is 5.15. The lowest BCUT2D eigenvalue weighted by Crippen LogP contribution is -2.45. The van der Waals surface area contributed by atoms with Crippen LogP contribution in [-0.4, -0.2) is 40.1 Å². The maximum Gasteiger partial charge on any atom is 0.309 e. The van der Waals surface area contributed by atoms with Crippen molar-refractivity contribution < 1.29 is 19.8 Å². The van der Waals surface area contributed by atoms with Gasteiger partial charge in [-0.2, -0.15) is 0 Å². The fourth-order valence-electron chi connectivity index (χ4n) is 2.34. The van der Waals surface area contributed by atoms with Crippen molar-refractivity contribution in [1.29, 1.82) is 0 Å². The van der Waals surface area contributed by atoms with Gasteiger partial charge in [-0.1, -0.05) is 6.07 Å². The summed E-state index contributed by atoms with van der Waals surface area (Å²) in [4.78, 5) is 25.1. The lowest BCUT2D eigenvalue weighted by molar-refractivity contribution is -0.150. The van der Waals surface area contributed by atoms with Gasteiger partial charge in [0, 0.05) is 18.7 Å². The molecule has 0 atom stereocenters. The number of carboxylic acid groups (broad SMARTS) is 1. The molecular weight excluding hydrogens is 258 g/mol. The average Bonchev–Trinajstić information content (AvgIpc) is 2.42. The third-order valence-electron chi connectivity index (χ3n) is 4.13. The number of piperidine rings is 1. The summed E-state index contributed by atoms with van der Waals surface area (Å²) < 4.78 is 0. The number of carboxylic acids is 1. The van der Waals surface area contributed by atoms with Gasteiger partial charge >= 0.3 is 5.97 Å². The summed E-state index contributed by atoms with van der Waals surface area (Å²) in [6.45, 7) is 4.34. The zero-order chi connectivity index (χ0) is 14.9. The highest BCUT2D eigenvalue weighted by atomic mass is 16.4. The number of aromatic hydroxyl groups is 1. The van der Waals surface area contributed by atoms with Crippen LogP contribution >= 0.6 is 0 Å². The molecule has 1 aliphatic heterocycles. The molecule has 1 heterocycles. The SMILES string of the molecule is Cc1ccc(C(=O)N2CCC(C)(C(=O)O)CC2)cc1O. The number of rotatable bonds is 2. The third kappa shape index (κ3) is 2.61. The molecule has 0 unspecified atom stereocenters. The molecule has 1 aromatic rings. The van der Waals surface area contributed by atoms with E-state index < -0.39 is 11.4 Å². The summed E-state index contributed by atoms with van der Waals surface area (Å²) in [6.07, 6.45) is 0.901. The zero-order valence-electron chi connectivity index (χ0n) is 11.7. The number of carbonyl (C=O) groups is 2. The Labute approximate surface area is 117 Å². The number of phenols is 1. The molecule has 2 rings (SSSR count). The minimum atomic E-state index is -0.808. The van der Waals surface area contributed by atoms with Crippen molar-refractivity contribution in [3.63, 3.8) is 0 Å². The smallest absolute Gasteiger partial charge is 0.309 e. The maximum atomic E-state index is 12.3. The van der Waals surface area contributed by atoms with E-state index in [0.717, 1.165) is 5.56 Å². The summed E-state index contributed by atoms with van der Waals surface area (Å²) in [5.74, 6) is -0.867. The third-order valence-corrected chi connectivity index (χ3v) is 4.13. The van der Waals surface area contributed by atoms with Gasteiger partial charge < -0.3 is 15.1 Å². The van der Waals surface area contributed by atoms with Gasteiger partial charge in [0.1, 0.15) is 5.75 Å². The number of carbonyl (C=O) groups excluding carboxylic acids is 1. The van der Waals surface area contributed by atoms with E-state index in [2.05, 4.69) is 0 Å². The zero-order valence-corrected chi connectivity index (χ0v) is 11.7. The van der Waals surface area contributed by atoms with Crippen molar-refractivity contribution in [3.05, 3.63) is 29.3 Å². The standard InChI is InChI=1S/C15H19NO4/c1-10-3-4-11(9-12(10)17)13(18)16-7-5-15(2,6-8-16)14(19)20/h3-4,9,17H,5-8H2,1-2H3,(H,19,20). The number of benzene rings is 1. The highest BCUT2D eigenvalue weighted by molar-refractivity contribution is 5.95. The summed E-state index contributed by atoms with van der Waals surface area (Å²) in [6, 6.07) is 4.85. The highest BCUT2D eigenvalue weighted by Crippen LogP contribution is 2.31. The van der Waals surface area contributed by atoms with Crippen LogP contribution in [-0.2, 0) is 4.79 Å². The molecule has 108 valence electrons. The van der Waals surface area contributed by atoms with Crippen molar-refractivity contribution in [2.24, 2.45) is 5.41 Å². The van der Waals surface area contributed by atoms with Crippen LogP contribution in [0.3, 0.4) is 0 Å². The van der Waals surface area contributed by atoms with Crippen LogP contribution < -0.4 is 0 Å². The number of hydrogen-bond acceptors (Lipinski definition) is 3. The van der Waals surface area contributed by atoms with Gasteiger partial charge in [-0.25, -0.2) is 0 Å². The summed E-state index contributed by atoms with van der Waals surface area (Å²) in [5.41, 5.74) is 0.414. The Morgan fingerprint density at radius 1 is 1.25 bits per heavy atom. The number of phenolic OH excluding ortho intramolecular Hbond substituents is 1. The number of hydrogen-bond donors (Lipinski definition) is 2. The van der Waals surface area contributed by atoms with Crippen LogP contribution in [0.15, 0.2) is 18.2 Å².